The van der Waals surface area contributed by atoms with Crippen LogP contribution in [0.1, 0.15) is 65.0 Å². The van der Waals surface area contributed by atoms with Gasteiger partial charge in [-0.15, -0.1) is 5.10 Å². The van der Waals surface area contributed by atoms with Gasteiger partial charge < -0.3 is 18.9 Å². The summed E-state index contributed by atoms with van der Waals surface area (Å²) in [5.74, 6) is 0.284. The topological polar surface area (TPSA) is 122 Å². The predicted octanol–water partition coefficient (Wildman–Crippen LogP) is 6.89. The van der Waals surface area contributed by atoms with E-state index in [9.17, 15) is 14.4 Å². The molecule has 43 heavy (non-hydrogen) atoms. The zero-order valence-corrected chi connectivity index (χ0v) is 26.0. The number of imide groups is 1. The first-order valence-corrected chi connectivity index (χ1v) is 14.5. The lowest BCUT2D eigenvalue weighted by Crippen LogP contribution is -2.43. The van der Waals surface area contributed by atoms with Crippen LogP contribution in [0.25, 0.3) is 11.3 Å². The van der Waals surface area contributed by atoms with Crippen molar-refractivity contribution in [2.75, 3.05) is 12.0 Å². The molecule has 1 aliphatic rings. The Labute approximate surface area is 256 Å². The molecule has 230 valence electrons. The van der Waals surface area contributed by atoms with E-state index in [1.807, 2.05) is 0 Å². The second-order valence-corrected chi connectivity index (χ2v) is 11.8. The summed E-state index contributed by atoms with van der Waals surface area (Å²) >= 11 is 6.31. The Balaban J connectivity index is 1.60. The molecule has 2 amide bonds. The summed E-state index contributed by atoms with van der Waals surface area (Å²) in [7, 11) is 2.96. The molecular weight excluding hydrogens is 576 g/mol. The smallest absolute Gasteiger partial charge is 0.425 e. The standard InChI is InChI=1S/C31H37ClN4O7/c1-19(24-12-7-8-13-25(24)32)41-29(38)36(30(39)43-31(2,3)4)27-26(33-34-35(27)5)20-14-16-22(17-15-20)42-23-11-9-10-21(18-23)28(37)40-6/h7-8,12-17,19,21,23H,9-11,18H2,1-6H3/t19-,21+,23+/m1/s1. The molecule has 0 unspecified atom stereocenters. The van der Waals surface area contributed by atoms with Crippen molar-refractivity contribution in [1.82, 2.24) is 15.0 Å². The van der Waals surface area contributed by atoms with Crippen LogP contribution in [-0.4, -0.2) is 52.0 Å². The molecule has 3 atom stereocenters. The number of rotatable bonds is 7. The van der Waals surface area contributed by atoms with E-state index >= 15 is 0 Å². The maximum Gasteiger partial charge on any atom is 0.425 e. The van der Waals surface area contributed by atoms with Gasteiger partial charge in [-0.3, -0.25) is 4.79 Å². The molecule has 1 aromatic heterocycles. The van der Waals surface area contributed by atoms with Crippen LogP contribution in [0.15, 0.2) is 48.5 Å². The summed E-state index contributed by atoms with van der Waals surface area (Å²) in [6, 6.07) is 14.0. The predicted molar refractivity (Wildman–Crippen MR) is 160 cm³/mol. The van der Waals surface area contributed by atoms with E-state index in [1.165, 1.54) is 11.8 Å². The first kappa shape index (κ1) is 31.8. The zero-order valence-electron chi connectivity index (χ0n) is 25.2. The fourth-order valence-electron chi connectivity index (χ4n) is 4.93. The summed E-state index contributed by atoms with van der Waals surface area (Å²) in [5, 5.41) is 8.76. The Morgan fingerprint density at radius 3 is 2.40 bits per heavy atom. The van der Waals surface area contributed by atoms with Gasteiger partial charge in [-0.05, 0) is 83.7 Å². The number of nitrogens with zero attached hydrogens (tertiary/aromatic N) is 4. The highest BCUT2D eigenvalue weighted by Crippen LogP contribution is 2.34. The van der Waals surface area contributed by atoms with Crippen LogP contribution in [0, 0.1) is 5.92 Å². The van der Waals surface area contributed by atoms with E-state index in [1.54, 1.807) is 83.3 Å². The number of methoxy groups -OCH3 is 1. The number of hydrogen-bond donors (Lipinski definition) is 0. The lowest BCUT2D eigenvalue weighted by Gasteiger charge is -2.28. The summed E-state index contributed by atoms with van der Waals surface area (Å²) in [5.41, 5.74) is 0.510. The van der Waals surface area contributed by atoms with Gasteiger partial charge in [-0.25, -0.2) is 14.3 Å². The zero-order chi connectivity index (χ0) is 31.3. The van der Waals surface area contributed by atoms with Gasteiger partial charge in [0.1, 0.15) is 23.1 Å². The number of carbonyl (C=O) groups excluding carboxylic acids is 3. The Morgan fingerprint density at radius 1 is 1.05 bits per heavy atom. The molecule has 0 radical (unpaired) electrons. The Hall–Kier alpha value is -4.12. The van der Waals surface area contributed by atoms with Crippen molar-refractivity contribution in [2.24, 2.45) is 13.0 Å². The lowest BCUT2D eigenvalue weighted by atomic mass is 9.87. The minimum absolute atomic E-state index is 0.0625. The maximum absolute atomic E-state index is 13.6. The van der Waals surface area contributed by atoms with Crippen molar-refractivity contribution < 1.29 is 33.3 Å². The Morgan fingerprint density at radius 2 is 1.74 bits per heavy atom. The summed E-state index contributed by atoms with van der Waals surface area (Å²) < 4.78 is 23.7. The maximum atomic E-state index is 13.6. The summed E-state index contributed by atoms with van der Waals surface area (Å²) in [6.07, 6.45) is 0.259. The average Bonchev–Trinajstić information content (AvgIpc) is 3.33. The normalized spacial score (nSPS) is 17.5. The van der Waals surface area contributed by atoms with Gasteiger partial charge in [0.05, 0.1) is 19.1 Å². The molecule has 12 heteroatoms. The second kappa shape index (κ2) is 13.5. The number of esters is 1. The van der Waals surface area contributed by atoms with E-state index in [2.05, 4.69) is 10.3 Å². The number of anilines is 1. The van der Waals surface area contributed by atoms with Gasteiger partial charge in [-0.1, -0.05) is 35.0 Å². The van der Waals surface area contributed by atoms with Crippen molar-refractivity contribution in [2.45, 2.75) is 71.2 Å². The largest absolute Gasteiger partial charge is 0.490 e. The molecule has 0 bridgehead atoms. The summed E-state index contributed by atoms with van der Waals surface area (Å²) in [6.45, 7) is 6.75. The van der Waals surface area contributed by atoms with Crippen LogP contribution in [-0.2, 0) is 26.1 Å². The number of halogens is 1. The molecule has 1 saturated carbocycles. The van der Waals surface area contributed by atoms with Crippen molar-refractivity contribution in [3.05, 3.63) is 59.1 Å². The fraction of sp³-hybridized carbons (Fsp3) is 0.452. The molecule has 3 aromatic rings. The molecule has 1 fully saturated rings. The number of amides is 2. The minimum atomic E-state index is -0.981. The molecule has 0 saturated heterocycles. The number of aromatic nitrogens is 3. The molecule has 2 aromatic carbocycles. The van der Waals surface area contributed by atoms with Crippen molar-refractivity contribution in [3.63, 3.8) is 0 Å². The van der Waals surface area contributed by atoms with E-state index in [0.29, 0.717) is 28.3 Å². The van der Waals surface area contributed by atoms with Gasteiger partial charge in [0, 0.05) is 23.2 Å². The van der Waals surface area contributed by atoms with E-state index < -0.39 is 23.9 Å². The first-order valence-electron chi connectivity index (χ1n) is 14.1. The third-order valence-electron chi connectivity index (χ3n) is 6.98. The molecule has 0 spiro atoms. The highest BCUT2D eigenvalue weighted by atomic mass is 35.5. The van der Waals surface area contributed by atoms with Crippen LogP contribution in [0.2, 0.25) is 5.02 Å². The monoisotopic (exact) mass is 612 g/mol. The van der Waals surface area contributed by atoms with E-state index in [-0.39, 0.29) is 29.5 Å². The van der Waals surface area contributed by atoms with Crippen LogP contribution in [0.5, 0.6) is 5.75 Å². The van der Waals surface area contributed by atoms with Crippen molar-refractivity contribution >= 4 is 35.6 Å². The SMILES string of the molecule is COC(=O)[C@H]1CCC[C@H](Oc2ccc(-c3nnn(C)c3N(C(=O)O[C@H](C)c3ccccc3Cl)C(=O)OC(C)(C)C)cc2)C1. The summed E-state index contributed by atoms with van der Waals surface area (Å²) in [4.78, 5) is 39.8. The third-order valence-corrected chi connectivity index (χ3v) is 7.32. The number of hydrogen-bond acceptors (Lipinski definition) is 9. The van der Waals surface area contributed by atoms with Gasteiger partial charge in [0.15, 0.2) is 5.82 Å². The van der Waals surface area contributed by atoms with Crippen LogP contribution in [0.4, 0.5) is 15.4 Å². The molecular formula is C31H37ClN4O7. The number of carbonyl (C=O) groups is 3. The number of aryl methyl sites for hydroxylation is 1. The molecule has 0 N–H and O–H groups in total. The van der Waals surface area contributed by atoms with E-state index in [4.69, 9.17) is 30.5 Å². The van der Waals surface area contributed by atoms with Crippen LogP contribution < -0.4 is 9.64 Å². The molecule has 1 heterocycles. The Bertz CT molecular complexity index is 1450. The molecule has 1 aliphatic carbocycles. The van der Waals surface area contributed by atoms with Crippen LogP contribution in [0.3, 0.4) is 0 Å². The lowest BCUT2D eigenvalue weighted by molar-refractivity contribution is -0.147. The highest BCUT2D eigenvalue weighted by Gasteiger charge is 2.36. The van der Waals surface area contributed by atoms with Gasteiger partial charge in [0.25, 0.3) is 0 Å². The van der Waals surface area contributed by atoms with E-state index in [0.717, 1.165) is 24.2 Å². The fourth-order valence-corrected chi connectivity index (χ4v) is 5.22. The highest BCUT2D eigenvalue weighted by molar-refractivity contribution is 6.31. The third kappa shape index (κ3) is 7.84. The molecule has 0 aliphatic heterocycles. The molecule has 11 nitrogen and oxygen atoms in total. The van der Waals surface area contributed by atoms with Gasteiger partial charge in [-0.2, -0.15) is 4.90 Å². The quantitative estimate of drug-likeness (QED) is 0.207. The Kier molecular flexibility index (Phi) is 9.95. The first-order chi connectivity index (χ1) is 20.4. The van der Waals surface area contributed by atoms with Crippen molar-refractivity contribution in [1.29, 1.82) is 0 Å². The van der Waals surface area contributed by atoms with Gasteiger partial charge >= 0.3 is 18.2 Å². The average molecular weight is 613 g/mol. The minimum Gasteiger partial charge on any atom is -0.490 e. The van der Waals surface area contributed by atoms with Crippen LogP contribution >= 0.6 is 11.6 Å². The van der Waals surface area contributed by atoms with Gasteiger partial charge in [0.2, 0.25) is 0 Å². The molecule has 4 rings (SSSR count). The van der Waals surface area contributed by atoms with Crippen molar-refractivity contribution in [3.8, 4) is 17.0 Å². The second-order valence-electron chi connectivity index (χ2n) is 11.4. The number of benzene rings is 2. The number of ether oxygens (including phenoxy) is 4.